The lowest BCUT2D eigenvalue weighted by molar-refractivity contribution is -0.131. The molecule has 3 aliphatic heterocycles. The van der Waals surface area contributed by atoms with Crippen LogP contribution in [0.2, 0.25) is 0 Å². The third-order valence-corrected chi connectivity index (χ3v) is 8.19. The number of carbonyl (C=O) groups is 2. The van der Waals surface area contributed by atoms with Gasteiger partial charge < -0.3 is 20.4 Å². The summed E-state index contributed by atoms with van der Waals surface area (Å²) in [5.74, 6) is 0.779. The van der Waals surface area contributed by atoms with Gasteiger partial charge in [-0.05, 0) is 18.9 Å². The number of urea groups is 1. The van der Waals surface area contributed by atoms with Crippen LogP contribution in [0.1, 0.15) is 25.7 Å². The molecule has 4 rings (SSSR count). The number of amides is 3. The van der Waals surface area contributed by atoms with Crippen LogP contribution in [0, 0.1) is 0 Å². The highest BCUT2D eigenvalue weighted by Gasteiger charge is 2.51. The molecule has 4 heterocycles. The number of sulfone groups is 1. The zero-order chi connectivity index (χ0) is 20.4. The number of piperazine rings is 1. The second-order valence-electron chi connectivity index (χ2n) is 7.78. The average molecular weight is 423 g/mol. The zero-order valence-electron chi connectivity index (χ0n) is 16.2. The van der Waals surface area contributed by atoms with Crippen molar-refractivity contribution in [1.29, 1.82) is 0 Å². The number of hydrogen-bond acceptors (Lipinski definition) is 7. The fourth-order valence-electron chi connectivity index (χ4n) is 4.40. The lowest BCUT2D eigenvalue weighted by atomic mass is 10.0. The molecule has 0 radical (unpaired) electrons. The molecule has 0 saturated carbocycles. The summed E-state index contributed by atoms with van der Waals surface area (Å²) in [6.07, 6.45) is 5.59. The molecule has 3 saturated heterocycles. The molecular weight excluding hydrogens is 396 g/mol. The first-order valence-corrected chi connectivity index (χ1v) is 11.7. The Balaban J connectivity index is 1.19. The summed E-state index contributed by atoms with van der Waals surface area (Å²) < 4.78 is 24.6. The van der Waals surface area contributed by atoms with Crippen molar-refractivity contribution in [3.05, 3.63) is 18.5 Å². The van der Waals surface area contributed by atoms with E-state index in [0.717, 1.165) is 0 Å². The summed E-state index contributed by atoms with van der Waals surface area (Å²) in [5.41, 5.74) is 0. The third kappa shape index (κ3) is 4.29. The minimum Gasteiger partial charge on any atom is -0.339 e. The largest absolute Gasteiger partial charge is 0.339 e. The topological polar surface area (TPSA) is 125 Å². The maximum Gasteiger partial charge on any atom is 0.315 e. The van der Waals surface area contributed by atoms with E-state index < -0.39 is 15.1 Å². The molecule has 3 aliphatic rings. The van der Waals surface area contributed by atoms with Crippen LogP contribution in [-0.2, 0) is 14.6 Å². The van der Waals surface area contributed by atoms with Crippen LogP contribution >= 0.6 is 0 Å². The first kappa shape index (κ1) is 19.9. The third-order valence-electron chi connectivity index (χ3n) is 5.92. The number of nitrogens with one attached hydrogen (secondary N) is 2. The smallest absolute Gasteiger partial charge is 0.315 e. The Labute approximate surface area is 170 Å². The molecule has 3 atom stereocenters. The minimum atomic E-state index is -3.21. The van der Waals surface area contributed by atoms with Gasteiger partial charge in [-0.3, -0.25) is 4.79 Å². The summed E-state index contributed by atoms with van der Waals surface area (Å²) in [6, 6.07) is 0.799. The quantitative estimate of drug-likeness (QED) is 0.469. The van der Waals surface area contributed by atoms with Crippen molar-refractivity contribution in [2.45, 2.75) is 43.0 Å². The van der Waals surface area contributed by atoms with Gasteiger partial charge in [-0.1, -0.05) is 6.42 Å². The molecule has 11 heteroatoms. The van der Waals surface area contributed by atoms with Crippen molar-refractivity contribution < 1.29 is 18.0 Å². The number of carbonyl (C=O) groups excluding carboxylic acids is 2. The van der Waals surface area contributed by atoms with E-state index in [1.165, 1.54) is 0 Å². The summed E-state index contributed by atoms with van der Waals surface area (Å²) in [6.45, 7) is 2.67. The van der Waals surface area contributed by atoms with Crippen molar-refractivity contribution in [1.82, 2.24) is 25.5 Å². The van der Waals surface area contributed by atoms with Crippen molar-refractivity contribution in [3.8, 4) is 0 Å². The highest BCUT2D eigenvalue weighted by molar-refractivity contribution is 7.92. The molecule has 29 heavy (non-hydrogen) atoms. The van der Waals surface area contributed by atoms with E-state index in [1.807, 2.05) is 4.90 Å². The van der Waals surface area contributed by atoms with Crippen molar-refractivity contribution in [3.63, 3.8) is 0 Å². The first-order chi connectivity index (χ1) is 13.9. The van der Waals surface area contributed by atoms with Crippen molar-refractivity contribution in [2.75, 3.05) is 36.8 Å². The van der Waals surface area contributed by atoms with Gasteiger partial charge in [0.05, 0.1) is 23.1 Å². The molecule has 1 aromatic heterocycles. The monoisotopic (exact) mass is 422 g/mol. The second-order valence-corrected chi connectivity index (χ2v) is 10.0. The van der Waals surface area contributed by atoms with Gasteiger partial charge in [0.2, 0.25) is 11.9 Å². The summed E-state index contributed by atoms with van der Waals surface area (Å²) >= 11 is 0. The molecule has 3 amide bonds. The number of rotatable bonds is 6. The van der Waals surface area contributed by atoms with Gasteiger partial charge in [-0.15, -0.1) is 0 Å². The number of fused-ring (bicyclic) bond motifs is 1. The van der Waals surface area contributed by atoms with Gasteiger partial charge in [0.1, 0.15) is 0 Å². The summed E-state index contributed by atoms with van der Waals surface area (Å²) in [4.78, 5) is 36.3. The lowest BCUT2D eigenvalue weighted by Gasteiger charge is -2.34. The van der Waals surface area contributed by atoms with Gasteiger partial charge in [0.25, 0.3) is 0 Å². The van der Waals surface area contributed by atoms with E-state index in [-0.39, 0.29) is 29.8 Å². The Morgan fingerprint density at radius 2 is 1.83 bits per heavy atom. The number of aromatic nitrogens is 2. The number of nitrogens with zero attached hydrogens (tertiary/aromatic N) is 4. The Morgan fingerprint density at radius 1 is 1.10 bits per heavy atom. The highest BCUT2D eigenvalue weighted by atomic mass is 32.2. The molecule has 0 unspecified atom stereocenters. The molecular formula is C18H26N6O4S. The fraction of sp³-hybridized carbons (Fsp3) is 0.667. The van der Waals surface area contributed by atoms with Crippen LogP contribution < -0.4 is 15.5 Å². The van der Waals surface area contributed by atoms with Gasteiger partial charge in [-0.2, -0.15) is 0 Å². The predicted octanol–water partition coefficient (Wildman–Crippen LogP) is -0.467. The van der Waals surface area contributed by atoms with Crippen LogP contribution in [0.3, 0.4) is 0 Å². The molecule has 0 spiro atoms. The molecule has 0 aromatic carbocycles. The molecule has 10 nitrogen and oxygen atoms in total. The van der Waals surface area contributed by atoms with E-state index in [0.29, 0.717) is 57.8 Å². The maximum absolute atomic E-state index is 12.5. The highest BCUT2D eigenvalue weighted by Crippen LogP contribution is 2.28. The van der Waals surface area contributed by atoms with E-state index >= 15 is 0 Å². The van der Waals surface area contributed by atoms with E-state index in [4.69, 9.17) is 0 Å². The van der Waals surface area contributed by atoms with Crippen LogP contribution in [0.5, 0.6) is 0 Å². The molecule has 0 bridgehead atoms. The number of hydrogen-bond donors (Lipinski definition) is 2. The Hall–Kier alpha value is -2.43. The van der Waals surface area contributed by atoms with E-state index in [9.17, 15) is 18.0 Å². The van der Waals surface area contributed by atoms with Crippen molar-refractivity contribution >= 4 is 27.7 Å². The lowest BCUT2D eigenvalue weighted by Crippen LogP contribution is -2.49. The molecule has 1 aromatic rings. The number of unbranched alkanes of at least 4 members (excludes halogenated alkanes) is 1. The van der Waals surface area contributed by atoms with Crippen LogP contribution in [-0.4, -0.2) is 84.5 Å². The Kier molecular flexibility index (Phi) is 5.57. The maximum atomic E-state index is 12.5. The molecule has 0 aliphatic carbocycles. The van der Waals surface area contributed by atoms with Gasteiger partial charge >= 0.3 is 6.03 Å². The zero-order valence-corrected chi connectivity index (χ0v) is 17.0. The summed E-state index contributed by atoms with van der Waals surface area (Å²) in [5, 5.41) is 4.83. The normalized spacial score (nSPS) is 28.0. The van der Waals surface area contributed by atoms with Crippen LogP contribution in [0.15, 0.2) is 18.5 Å². The van der Waals surface area contributed by atoms with Crippen LogP contribution in [0.25, 0.3) is 0 Å². The predicted molar refractivity (Wildman–Crippen MR) is 106 cm³/mol. The standard InChI is InChI=1S/C18H26N6O4S/c25-15(23-8-10-24(11-9-23)17-19-6-3-7-20-17)5-2-1-4-14-16-13(12-29(14,27)28)21-18(26)22-16/h3,6-7,13-14,16H,1-2,4-5,8-12H2,(H2,21,22,26)/t13-,14+,16-/m1/s1. The van der Waals surface area contributed by atoms with Crippen LogP contribution in [0.4, 0.5) is 10.7 Å². The van der Waals surface area contributed by atoms with Gasteiger partial charge in [0, 0.05) is 45.0 Å². The minimum absolute atomic E-state index is 0.00455. The second kappa shape index (κ2) is 8.13. The summed E-state index contributed by atoms with van der Waals surface area (Å²) in [7, 11) is -3.21. The van der Waals surface area contributed by atoms with Crippen molar-refractivity contribution in [2.24, 2.45) is 0 Å². The molecule has 2 N–H and O–H groups in total. The fourth-order valence-corrected chi connectivity index (χ4v) is 6.66. The van der Waals surface area contributed by atoms with E-state index in [1.54, 1.807) is 18.5 Å². The molecule has 158 valence electrons. The van der Waals surface area contributed by atoms with E-state index in [2.05, 4.69) is 25.5 Å². The Morgan fingerprint density at radius 3 is 2.55 bits per heavy atom. The van der Waals surface area contributed by atoms with Gasteiger partial charge in [-0.25, -0.2) is 23.2 Å². The Bertz CT molecular complexity index is 856. The first-order valence-electron chi connectivity index (χ1n) is 10.0. The van der Waals surface area contributed by atoms with Gasteiger partial charge in [0.15, 0.2) is 9.84 Å². The SMILES string of the molecule is O=C1N[C@@H]2[C@@H](CS(=O)(=O)[C@H]2CCCCC(=O)N2CCN(c3ncccn3)CC2)N1. The average Bonchev–Trinajstić information content (AvgIpc) is 3.17. The number of anilines is 1. The molecule has 3 fully saturated rings.